The molecule has 0 fully saturated rings. The molecule has 2 aromatic rings. The lowest BCUT2D eigenvalue weighted by atomic mass is 10.2. The van der Waals surface area contributed by atoms with Gasteiger partial charge in [0.15, 0.2) is 5.69 Å². The number of carbonyl (C=O) groups is 1. The summed E-state index contributed by atoms with van der Waals surface area (Å²) in [5.41, 5.74) is 7.03. The molecule has 1 amide bonds. The maximum absolute atomic E-state index is 11.9. The van der Waals surface area contributed by atoms with Crippen LogP contribution in [0, 0.1) is 6.92 Å². The Morgan fingerprint density at radius 1 is 1.28 bits per heavy atom. The highest BCUT2D eigenvalue weighted by molar-refractivity contribution is 6.34. The predicted molar refractivity (Wildman–Crippen MR) is 70.6 cm³/mol. The van der Waals surface area contributed by atoms with Crippen LogP contribution in [0.2, 0.25) is 5.02 Å². The fraction of sp³-hybridized carbons (Fsp3) is 0.0833. The van der Waals surface area contributed by atoms with Gasteiger partial charge in [-0.1, -0.05) is 23.7 Å². The van der Waals surface area contributed by atoms with Gasteiger partial charge in [0.25, 0.3) is 5.91 Å². The number of anilines is 2. The minimum Gasteiger partial charge on any atom is -0.382 e. The topological polar surface area (TPSA) is 80.9 Å². The number of rotatable bonds is 2. The van der Waals surface area contributed by atoms with Crippen LogP contribution in [0.4, 0.5) is 11.5 Å². The average Bonchev–Trinajstić information content (AvgIpc) is 2.34. The summed E-state index contributed by atoms with van der Waals surface area (Å²) in [4.78, 5) is 11.9. The molecular formula is C12H11ClN4O. The van der Waals surface area contributed by atoms with Crippen molar-refractivity contribution in [2.24, 2.45) is 0 Å². The Labute approximate surface area is 109 Å². The van der Waals surface area contributed by atoms with Crippen molar-refractivity contribution < 1.29 is 4.79 Å². The maximum atomic E-state index is 11.9. The van der Waals surface area contributed by atoms with Gasteiger partial charge in [0.1, 0.15) is 5.82 Å². The van der Waals surface area contributed by atoms with Crippen molar-refractivity contribution in [2.75, 3.05) is 11.1 Å². The van der Waals surface area contributed by atoms with Crippen LogP contribution >= 0.6 is 11.6 Å². The van der Waals surface area contributed by atoms with Gasteiger partial charge in [-0.05, 0) is 30.7 Å². The summed E-state index contributed by atoms with van der Waals surface area (Å²) in [5.74, 6) is -0.112. The predicted octanol–water partition coefficient (Wildman–Crippen LogP) is 2.27. The number of aromatic nitrogens is 2. The molecule has 0 saturated carbocycles. The molecule has 0 aliphatic carbocycles. The molecule has 5 nitrogen and oxygen atoms in total. The second-order valence-electron chi connectivity index (χ2n) is 3.73. The van der Waals surface area contributed by atoms with Crippen molar-refractivity contribution in [1.82, 2.24) is 10.2 Å². The largest absolute Gasteiger partial charge is 0.382 e. The first-order chi connectivity index (χ1) is 8.58. The number of hydrogen-bond acceptors (Lipinski definition) is 4. The van der Waals surface area contributed by atoms with Gasteiger partial charge in [0.2, 0.25) is 0 Å². The Bertz CT molecular complexity index is 563. The molecule has 0 unspecified atom stereocenters. The van der Waals surface area contributed by atoms with Gasteiger partial charge in [0.05, 0.1) is 10.7 Å². The zero-order valence-electron chi connectivity index (χ0n) is 9.64. The third-order valence-electron chi connectivity index (χ3n) is 2.38. The van der Waals surface area contributed by atoms with E-state index in [-0.39, 0.29) is 17.4 Å². The summed E-state index contributed by atoms with van der Waals surface area (Å²) >= 11 is 6.02. The van der Waals surface area contributed by atoms with Crippen LogP contribution in [-0.4, -0.2) is 16.1 Å². The van der Waals surface area contributed by atoms with Crippen molar-refractivity contribution in [3.63, 3.8) is 0 Å². The molecule has 6 heteroatoms. The van der Waals surface area contributed by atoms with E-state index in [9.17, 15) is 4.79 Å². The zero-order chi connectivity index (χ0) is 13.1. The third-order valence-corrected chi connectivity index (χ3v) is 2.69. The summed E-state index contributed by atoms with van der Waals surface area (Å²) in [6, 6.07) is 8.40. The first-order valence-electron chi connectivity index (χ1n) is 5.23. The number of nitrogens with zero attached hydrogens (tertiary/aromatic N) is 2. The number of para-hydroxylation sites is 1. The van der Waals surface area contributed by atoms with E-state index in [1.54, 1.807) is 6.07 Å². The molecule has 0 spiro atoms. The summed E-state index contributed by atoms with van der Waals surface area (Å²) in [5, 5.41) is 10.5. The Morgan fingerprint density at radius 2 is 2.06 bits per heavy atom. The second kappa shape index (κ2) is 5.01. The van der Waals surface area contributed by atoms with Crippen LogP contribution in [0.1, 0.15) is 16.1 Å². The fourth-order valence-electron chi connectivity index (χ4n) is 1.43. The normalized spacial score (nSPS) is 10.1. The second-order valence-corrected chi connectivity index (χ2v) is 4.14. The minimum atomic E-state index is -0.376. The van der Waals surface area contributed by atoms with E-state index < -0.39 is 0 Å². The van der Waals surface area contributed by atoms with Crippen LogP contribution in [-0.2, 0) is 0 Å². The summed E-state index contributed by atoms with van der Waals surface area (Å²) in [6.07, 6.45) is 0. The molecule has 0 bridgehead atoms. The molecule has 1 heterocycles. The van der Waals surface area contributed by atoms with Gasteiger partial charge in [-0.25, -0.2) is 0 Å². The van der Waals surface area contributed by atoms with Crippen molar-refractivity contribution >= 4 is 29.0 Å². The Morgan fingerprint density at radius 3 is 2.67 bits per heavy atom. The molecule has 0 radical (unpaired) electrons. The minimum absolute atomic E-state index is 0.184. The molecule has 1 aromatic carbocycles. The lowest BCUT2D eigenvalue weighted by Crippen LogP contribution is -2.15. The maximum Gasteiger partial charge on any atom is 0.276 e. The average molecular weight is 263 g/mol. The van der Waals surface area contributed by atoms with E-state index >= 15 is 0 Å². The van der Waals surface area contributed by atoms with Crippen molar-refractivity contribution in [2.45, 2.75) is 6.92 Å². The van der Waals surface area contributed by atoms with Crippen molar-refractivity contribution in [3.05, 3.63) is 46.6 Å². The van der Waals surface area contributed by atoms with Crippen LogP contribution in [0.25, 0.3) is 0 Å². The highest BCUT2D eigenvalue weighted by Gasteiger charge is 2.11. The van der Waals surface area contributed by atoms with Crippen LogP contribution < -0.4 is 11.1 Å². The molecule has 3 N–H and O–H groups in total. The van der Waals surface area contributed by atoms with E-state index in [0.717, 1.165) is 5.56 Å². The molecule has 18 heavy (non-hydrogen) atoms. The number of nitrogens with two attached hydrogens (primary N) is 1. The van der Waals surface area contributed by atoms with Crippen LogP contribution in [0.5, 0.6) is 0 Å². The summed E-state index contributed by atoms with van der Waals surface area (Å²) in [6.45, 7) is 1.86. The van der Waals surface area contributed by atoms with Gasteiger partial charge in [-0.15, -0.1) is 10.2 Å². The SMILES string of the molecule is Cc1cccc(Cl)c1NC(=O)c1ccc(N)nn1. The summed E-state index contributed by atoms with van der Waals surface area (Å²) < 4.78 is 0. The zero-order valence-corrected chi connectivity index (χ0v) is 10.4. The summed E-state index contributed by atoms with van der Waals surface area (Å²) in [7, 11) is 0. The molecule has 92 valence electrons. The fourth-order valence-corrected chi connectivity index (χ4v) is 1.70. The number of aryl methyl sites for hydroxylation is 1. The molecule has 2 rings (SSSR count). The number of nitrogen functional groups attached to an aromatic ring is 1. The quantitative estimate of drug-likeness (QED) is 0.870. The molecule has 0 aliphatic heterocycles. The van der Waals surface area contributed by atoms with E-state index in [1.165, 1.54) is 12.1 Å². The smallest absolute Gasteiger partial charge is 0.276 e. The van der Waals surface area contributed by atoms with Gasteiger partial charge < -0.3 is 11.1 Å². The van der Waals surface area contributed by atoms with Crippen molar-refractivity contribution in [1.29, 1.82) is 0 Å². The molecule has 0 aliphatic rings. The first-order valence-corrected chi connectivity index (χ1v) is 5.61. The van der Waals surface area contributed by atoms with Gasteiger partial charge in [0, 0.05) is 0 Å². The molecular weight excluding hydrogens is 252 g/mol. The van der Waals surface area contributed by atoms with Crippen LogP contribution in [0.15, 0.2) is 30.3 Å². The molecule has 0 atom stereocenters. The number of nitrogens with one attached hydrogen (secondary N) is 1. The highest BCUT2D eigenvalue weighted by Crippen LogP contribution is 2.25. The lowest BCUT2D eigenvalue weighted by Gasteiger charge is -2.09. The number of carbonyl (C=O) groups excluding carboxylic acids is 1. The molecule has 1 aromatic heterocycles. The Balaban J connectivity index is 2.24. The molecule has 0 saturated heterocycles. The Kier molecular flexibility index (Phi) is 3.43. The van der Waals surface area contributed by atoms with Gasteiger partial charge >= 0.3 is 0 Å². The third kappa shape index (κ3) is 2.57. The monoisotopic (exact) mass is 262 g/mol. The van der Waals surface area contributed by atoms with Crippen molar-refractivity contribution in [3.8, 4) is 0 Å². The lowest BCUT2D eigenvalue weighted by molar-refractivity contribution is 0.102. The van der Waals surface area contributed by atoms with E-state index in [0.29, 0.717) is 10.7 Å². The standard InChI is InChI=1S/C12H11ClN4O/c1-7-3-2-4-8(13)11(7)15-12(18)9-5-6-10(14)17-16-9/h2-6H,1H3,(H2,14,17)(H,15,18). The number of halogens is 1. The Hall–Kier alpha value is -2.14. The number of benzene rings is 1. The van der Waals surface area contributed by atoms with Gasteiger partial charge in [-0.2, -0.15) is 0 Å². The first kappa shape index (κ1) is 12.3. The number of hydrogen-bond donors (Lipinski definition) is 2. The van der Waals surface area contributed by atoms with E-state index in [4.69, 9.17) is 17.3 Å². The highest BCUT2D eigenvalue weighted by atomic mass is 35.5. The number of amides is 1. The van der Waals surface area contributed by atoms with Crippen LogP contribution in [0.3, 0.4) is 0 Å². The van der Waals surface area contributed by atoms with Gasteiger partial charge in [-0.3, -0.25) is 4.79 Å². The van der Waals surface area contributed by atoms with E-state index in [1.807, 2.05) is 19.1 Å². The van der Waals surface area contributed by atoms with E-state index in [2.05, 4.69) is 15.5 Å².